The van der Waals surface area contributed by atoms with Gasteiger partial charge in [0.15, 0.2) is 6.10 Å². The fourth-order valence-corrected chi connectivity index (χ4v) is 4.45. The zero-order chi connectivity index (χ0) is 19.0. The van der Waals surface area contributed by atoms with Gasteiger partial charge in [0, 0.05) is 32.6 Å². The van der Waals surface area contributed by atoms with Gasteiger partial charge < -0.3 is 14.9 Å². The third-order valence-electron chi connectivity index (χ3n) is 6.48. The van der Waals surface area contributed by atoms with Crippen LogP contribution in [0.5, 0.6) is 0 Å². The molecule has 2 amide bonds. The van der Waals surface area contributed by atoms with E-state index < -0.39 is 6.10 Å². The molecule has 3 fully saturated rings. The van der Waals surface area contributed by atoms with Crippen molar-refractivity contribution in [3.63, 3.8) is 0 Å². The molecular weight excluding hydrogens is 347 g/mol. The van der Waals surface area contributed by atoms with Gasteiger partial charge in [0.2, 0.25) is 5.91 Å². The minimum Gasteiger partial charge on any atom is -0.378 e. The molecule has 0 aromatic heterocycles. The topological polar surface area (TPSA) is 60.9 Å². The van der Waals surface area contributed by atoms with Crippen molar-refractivity contribution in [2.75, 3.05) is 26.2 Å². The summed E-state index contributed by atoms with van der Waals surface area (Å²) in [6.45, 7) is 2.91. The summed E-state index contributed by atoms with van der Waals surface area (Å²) in [4.78, 5) is 28.6. The van der Waals surface area contributed by atoms with Crippen molar-refractivity contribution in [1.29, 1.82) is 0 Å². The summed E-state index contributed by atoms with van der Waals surface area (Å²) in [6, 6.07) is 5.41. The fraction of sp³-hybridized carbons (Fsp3) is 0.619. The van der Waals surface area contributed by atoms with E-state index >= 15 is 0 Å². The highest BCUT2D eigenvalue weighted by atomic mass is 19.1. The number of nitrogens with zero attached hydrogens (tertiary/aromatic N) is 2. The van der Waals surface area contributed by atoms with E-state index in [0.29, 0.717) is 31.0 Å². The summed E-state index contributed by atoms with van der Waals surface area (Å²) in [5.74, 6) is 0.258. The van der Waals surface area contributed by atoms with Crippen molar-refractivity contribution >= 4 is 11.8 Å². The molecule has 2 heterocycles. The number of aliphatic hydroxyl groups is 1. The molecule has 4 rings (SSSR count). The van der Waals surface area contributed by atoms with Crippen LogP contribution in [0.2, 0.25) is 0 Å². The first kappa shape index (κ1) is 18.4. The number of piperidine rings is 2. The number of likely N-dealkylation sites (tertiary alicyclic amines) is 2. The second-order valence-corrected chi connectivity index (χ2v) is 8.50. The molecule has 1 N–H and O–H groups in total. The Morgan fingerprint density at radius 1 is 1.19 bits per heavy atom. The molecule has 0 radical (unpaired) electrons. The zero-order valence-corrected chi connectivity index (χ0v) is 15.6. The predicted molar refractivity (Wildman–Crippen MR) is 98.1 cm³/mol. The van der Waals surface area contributed by atoms with Crippen molar-refractivity contribution in [2.24, 2.45) is 11.3 Å². The van der Waals surface area contributed by atoms with E-state index in [1.165, 1.54) is 37.1 Å². The standard InChI is InChI=1S/C21H27FN2O3/c22-17-5-3-16(4-6-17)19(26)20(27)23-11-9-21(10-12-23)8-7-18(25)24(14-21)13-15-1-2-15/h3-6,15,19,26H,1-2,7-14H2. The van der Waals surface area contributed by atoms with Crippen molar-refractivity contribution in [3.05, 3.63) is 35.6 Å². The quantitative estimate of drug-likeness (QED) is 0.881. The van der Waals surface area contributed by atoms with Gasteiger partial charge in [-0.25, -0.2) is 4.39 Å². The van der Waals surface area contributed by atoms with Gasteiger partial charge in [-0.05, 0) is 61.1 Å². The fourth-order valence-electron chi connectivity index (χ4n) is 4.45. The molecule has 3 aliphatic rings. The van der Waals surface area contributed by atoms with E-state index in [-0.39, 0.29) is 23.0 Å². The summed E-state index contributed by atoms with van der Waals surface area (Å²) in [5, 5.41) is 10.4. The molecule has 2 saturated heterocycles. The van der Waals surface area contributed by atoms with Crippen LogP contribution in [-0.2, 0) is 9.59 Å². The molecule has 6 heteroatoms. The minimum atomic E-state index is -1.25. The van der Waals surface area contributed by atoms with Crippen molar-refractivity contribution < 1.29 is 19.1 Å². The number of benzene rings is 1. The Balaban J connectivity index is 1.35. The van der Waals surface area contributed by atoms with Crippen LogP contribution >= 0.6 is 0 Å². The van der Waals surface area contributed by atoms with E-state index in [4.69, 9.17) is 0 Å². The largest absolute Gasteiger partial charge is 0.378 e. The Kier molecular flexibility index (Phi) is 4.93. The molecular formula is C21H27FN2O3. The van der Waals surface area contributed by atoms with Gasteiger partial charge in [0.1, 0.15) is 5.82 Å². The van der Waals surface area contributed by atoms with E-state index in [1.54, 1.807) is 4.90 Å². The monoisotopic (exact) mass is 374 g/mol. The molecule has 1 unspecified atom stereocenters. The molecule has 146 valence electrons. The highest BCUT2D eigenvalue weighted by Crippen LogP contribution is 2.42. The van der Waals surface area contributed by atoms with Crippen molar-refractivity contribution in [2.45, 2.75) is 44.6 Å². The van der Waals surface area contributed by atoms with Crippen LogP contribution in [0.15, 0.2) is 24.3 Å². The second-order valence-electron chi connectivity index (χ2n) is 8.50. The summed E-state index contributed by atoms with van der Waals surface area (Å²) in [7, 11) is 0. The van der Waals surface area contributed by atoms with Crippen LogP contribution in [-0.4, -0.2) is 52.9 Å². The lowest BCUT2D eigenvalue weighted by Gasteiger charge is -2.47. The first-order chi connectivity index (χ1) is 13.0. The zero-order valence-electron chi connectivity index (χ0n) is 15.6. The van der Waals surface area contributed by atoms with Crippen LogP contribution in [0.3, 0.4) is 0 Å². The Hall–Kier alpha value is -1.95. The van der Waals surface area contributed by atoms with Crippen LogP contribution in [0.1, 0.15) is 50.2 Å². The third-order valence-corrected chi connectivity index (χ3v) is 6.48. The first-order valence-corrected chi connectivity index (χ1v) is 9.96. The number of aliphatic hydroxyl groups excluding tert-OH is 1. The van der Waals surface area contributed by atoms with E-state index in [0.717, 1.165) is 32.4 Å². The SMILES string of the molecule is O=C1CCC2(CCN(C(=O)C(O)c3ccc(F)cc3)CC2)CN1CC1CC1. The predicted octanol–water partition coefficient (Wildman–Crippen LogP) is 2.50. The minimum absolute atomic E-state index is 0.112. The normalized spacial score (nSPS) is 23.6. The number of hydrogen-bond donors (Lipinski definition) is 1. The Labute approximate surface area is 159 Å². The van der Waals surface area contributed by atoms with Gasteiger partial charge in [0.25, 0.3) is 5.91 Å². The highest BCUT2D eigenvalue weighted by Gasteiger charge is 2.43. The Bertz CT molecular complexity index is 709. The van der Waals surface area contributed by atoms with Crippen LogP contribution in [0, 0.1) is 17.2 Å². The van der Waals surface area contributed by atoms with Crippen LogP contribution in [0.25, 0.3) is 0 Å². The molecule has 0 bridgehead atoms. The van der Waals surface area contributed by atoms with E-state index in [9.17, 15) is 19.1 Å². The maximum atomic E-state index is 13.0. The van der Waals surface area contributed by atoms with Crippen molar-refractivity contribution in [1.82, 2.24) is 9.80 Å². The number of halogens is 1. The van der Waals surface area contributed by atoms with Gasteiger partial charge in [-0.3, -0.25) is 9.59 Å². The third kappa shape index (κ3) is 4.00. The first-order valence-electron chi connectivity index (χ1n) is 9.96. The molecule has 1 aromatic rings. The van der Waals surface area contributed by atoms with Crippen LogP contribution in [0.4, 0.5) is 4.39 Å². The summed E-state index contributed by atoms with van der Waals surface area (Å²) >= 11 is 0. The number of rotatable bonds is 4. The van der Waals surface area contributed by atoms with Gasteiger partial charge in [0.05, 0.1) is 0 Å². The summed E-state index contributed by atoms with van der Waals surface area (Å²) in [6.07, 6.45) is 4.46. The maximum Gasteiger partial charge on any atom is 0.256 e. The van der Waals surface area contributed by atoms with E-state index in [2.05, 4.69) is 0 Å². The number of amides is 2. The van der Waals surface area contributed by atoms with Crippen molar-refractivity contribution in [3.8, 4) is 0 Å². The average Bonchev–Trinajstić information content (AvgIpc) is 3.49. The van der Waals surface area contributed by atoms with Gasteiger partial charge >= 0.3 is 0 Å². The Morgan fingerprint density at radius 2 is 1.85 bits per heavy atom. The lowest BCUT2D eigenvalue weighted by Crippen LogP contribution is -2.53. The maximum absolute atomic E-state index is 13.0. The lowest BCUT2D eigenvalue weighted by molar-refractivity contribution is -0.147. The highest BCUT2D eigenvalue weighted by molar-refractivity contribution is 5.82. The number of hydrogen-bond acceptors (Lipinski definition) is 3. The van der Waals surface area contributed by atoms with Gasteiger partial charge in [-0.15, -0.1) is 0 Å². The summed E-state index contributed by atoms with van der Waals surface area (Å²) < 4.78 is 13.0. The molecule has 27 heavy (non-hydrogen) atoms. The number of carbonyl (C=O) groups excluding carboxylic acids is 2. The molecule has 1 spiro atoms. The number of carbonyl (C=O) groups is 2. The molecule has 2 aliphatic heterocycles. The van der Waals surface area contributed by atoms with Gasteiger partial charge in [-0.2, -0.15) is 0 Å². The molecule has 5 nitrogen and oxygen atoms in total. The second kappa shape index (κ2) is 7.23. The Morgan fingerprint density at radius 3 is 2.48 bits per heavy atom. The molecule has 1 aliphatic carbocycles. The van der Waals surface area contributed by atoms with Gasteiger partial charge in [-0.1, -0.05) is 12.1 Å². The smallest absolute Gasteiger partial charge is 0.256 e. The molecule has 1 saturated carbocycles. The summed E-state index contributed by atoms with van der Waals surface area (Å²) in [5.41, 5.74) is 0.529. The molecule has 1 aromatic carbocycles. The lowest BCUT2D eigenvalue weighted by atomic mass is 9.72. The molecule has 1 atom stereocenters. The average molecular weight is 374 g/mol. The van der Waals surface area contributed by atoms with Crippen LogP contribution < -0.4 is 0 Å². The van der Waals surface area contributed by atoms with E-state index in [1.807, 2.05) is 4.90 Å².